The summed E-state index contributed by atoms with van der Waals surface area (Å²) in [6.45, 7) is 4.48. The predicted molar refractivity (Wildman–Crippen MR) is 84.1 cm³/mol. The highest BCUT2D eigenvalue weighted by Gasteiger charge is 2.24. The van der Waals surface area contributed by atoms with Crippen LogP contribution >= 0.6 is 0 Å². The quantitative estimate of drug-likeness (QED) is 0.916. The van der Waals surface area contributed by atoms with Gasteiger partial charge in [0.15, 0.2) is 0 Å². The molecule has 2 aromatic rings. The topological polar surface area (TPSA) is 58.3 Å². The highest BCUT2D eigenvalue weighted by atomic mass is 15.3. The first kappa shape index (κ1) is 14.0. The fourth-order valence-electron chi connectivity index (χ4n) is 2.86. The van der Waals surface area contributed by atoms with E-state index < -0.39 is 0 Å². The smallest absolute Gasteiger partial charge is 0.225 e. The highest BCUT2D eigenvalue weighted by molar-refractivity contribution is 5.29. The monoisotopic (exact) mass is 283 g/mol. The lowest BCUT2D eigenvalue weighted by Crippen LogP contribution is -2.49. The second-order valence-electron chi connectivity index (χ2n) is 5.23. The molecule has 110 valence electrons. The lowest BCUT2D eigenvalue weighted by atomic mass is 10.0. The number of nitrogens with two attached hydrogens (primary N) is 1. The molecular formula is C16H21N5. The van der Waals surface area contributed by atoms with E-state index in [-0.39, 0.29) is 0 Å². The molecule has 1 saturated heterocycles. The van der Waals surface area contributed by atoms with Crippen LogP contribution in [0.4, 0.5) is 5.95 Å². The van der Waals surface area contributed by atoms with Crippen molar-refractivity contribution in [1.29, 1.82) is 0 Å². The molecule has 1 unspecified atom stereocenters. The van der Waals surface area contributed by atoms with Crippen LogP contribution in [-0.2, 0) is 0 Å². The van der Waals surface area contributed by atoms with E-state index in [1.165, 1.54) is 5.56 Å². The van der Waals surface area contributed by atoms with Crippen molar-refractivity contribution in [1.82, 2.24) is 14.9 Å². The third-order valence-electron chi connectivity index (χ3n) is 4.00. The molecule has 5 heteroatoms. The first-order valence-electron chi connectivity index (χ1n) is 7.39. The Balaban J connectivity index is 1.65. The first-order valence-corrected chi connectivity index (χ1v) is 7.39. The minimum absolute atomic E-state index is 0.296. The Morgan fingerprint density at radius 3 is 2.24 bits per heavy atom. The van der Waals surface area contributed by atoms with Crippen molar-refractivity contribution >= 4 is 5.95 Å². The standard InChI is InChI=1S/C16H21N5/c17-13-15(14-5-2-1-3-6-14)20-9-11-21(12-10-20)16-18-7-4-8-19-16/h1-8,15H,9-13,17H2. The van der Waals surface area contributed by atoms with Gasteiger partial charge in [-0.05, 0) is 11.6 Å². The number of nitrogens with zero attached hydrogens (tertiary/aromatic N) is 4. The van der Waals surface area contributed by atoms with E-state index in [2.05, 4.69) is 44.0 Å². The zero-order valence-corrected chi connectivity index (χ0v) is 12.1. The third kappa shape index (κ3) is 3.20. The number of hydrogen-bond donors (Lipinski definition) is 1. The summed E-state index contributed by atoms with van der Waals surface area (Å²) >= 11 is 0. The van der Waals surface area contributed by atoms with Crippen molar-refractivity contribution in [3.63, 3.8) is 0 Å². The van der Waals surface area contributed by atoms with Gasteiger partial charge in [0, 0.05) is 51.2 Å². The molecule has 1 fully saturated rings. The molecule has 0 amide bonds. The Bertz CT molecular complexity index is 537. The van der Waals surface area contributed by atoms with Gasteiger partial charge in [0.05, 0.1) is 0 Å². The molecule has 0 aliphatic carbocycles. The second-order valence-corrected chi connectivity index (χ2v) is 5.23. The van der Waals surface area contributed by atoms with Gasteiger partial charge < -0.3 is 10.6 Å². The number of aromatic nitrogens is 2. The van der Waals surface area contributed by atoms with Gasteiger partial charge in [-0.3, -0.25) is 4.90 Å². The fourth-order valence-corrected chi connectivity index (χ4v) is 2.86. The van der Waals surface area contributed by atoms with Crippen molar-refractivity contribution in [2.75, 3.05) is 37.6 Å². The highest BCUT2D eigenvalue weighted by Crippen LogP contribution is 2.21. The van der Waals surface area contributed by atoms with Gasteiger partial charge in [-0.1, -0.05) is 30.3 Å². The summed E-state index contributed by atoms with van der Waals surface area (Å²) < 4.78 is 0. The molecule has 0 spiro atoms. The minimum Gasteiger partial charge on any atom is -0.338 e. The van der Waals surface area contributed by atoms with E-state index in [0.717, 1.165) is 32.1 Å². The Labute approximate surface area is 125 Å². The molecule has 1 aliphatic rings. The van der Waals surface area contributed by atoms with Gasteiger partial charge in [-0.15, -0.1) is 0 Å². The second kappa shape index (κ2) is 6.65. The number of hydrogen-bond acceptors (Lipinski definition) is 5. The lowest BCUT2D eigenvalue weighted by molar-refractivity contribution is 0.189. The Hall–Kier alpha value is -1.98. The molecule has 1 aliphatic heterocycles. The zero-order valence-electron chi connectivity index (χ0n) is 12.1. The SMILES string of the molecule is NCC(c1ccccc1)N1CCN(c2ncccn2)CC1. The number of benzene rings is 1. The Morgan fingerprint density at radius 2 is 1.62 bits per heavy atom. The molecule has 1 aromatic heterocycles. The van der Waals surface area contributed by atoms with Gasteiger partial charge >= 0.3 is 0 Å². The largest absolute Gasteiger partial charge is 0.338 e. The van der Waals surface area contributed by atoms with E-state index in [9.17, 15) is 0 Å². The molecule has 0 bridgehead atoms. The van der Waals surface area contributed by atoms with Gasteiger partial charge in [0.1, 0.15) is 0 Å². The Morgan fingerprint density at radius 1 is 0.952 bits per heavy atom. The third-order valence-corrected chi connectivity index (χ3v) is 4.00. The van der Waals surface area contributed by atoms with Crippen LogP contribution in [0.25, 0.3) is 0 Å². The maximum atomic E-state index is 6.00. The summed E-state index contributed by atoms with van der Waals surface area (Å²) in [7, 11) is 0. The summed E-state index contributed by atoms with van der Waals surface area (Å²) in [6, 6.07) is 12.7. The summed E-state index contributed by atoms with van der Waals surface area (Å²) in [5.74, 6) is 0.821. The first-order chi connectivity index (χ1) is 10.4. The average Bonchev–Trinajstić information content (AvgIpc) is 2.58. The van der Waals surface area contributed by atoms with E-state index in [4.69, 9.17) is 5.73 Å². The van der Waals surface area contributed by atoms with Crippen LogP contribution in [0.15, 0.2) is 48.8 Å². The maximum Gasteiger partial charge on any atom is 0.225 e. The van der Waals surface area contributed by atoms with Gasteiger partial charge in [-0.25, -0.2) is 9.97 Å². The molecular weight excluding hydrogens is 262 g/mol. The maximum absolute atomic E-state index is 6.00. The molecule has 21 heavy (non-hydrogen) atoms. The number of piperazine rings is 1. The van der Waals surface area contributed by atoms with Crippen molar-refractivity contribution in [3.05, 3.63) is 54.4 Å². The van der Waals surface area contributed by atoms with Gasteiger partial charge in [-0.2, -0.15) is 0 Å². The van der Waals surface area contributed by atoms with Crippen LogP contribution in [0.5, 0.6) is 0 Å². The van der Waals surface area contributed by atoms with Crippen molar-refractivity contribution in [2.45, 2.75) is 6.04 Å². The van der Waals surface area contributed by atoms with Gasteiger partial charge in [0.25, 0.3) is 0 Å². The summed E-state index contributed by atoms with van der Waals surface area (Å²) in [4.78, 5) is 13.3. The minimum atomic E-state index is 0.296. The zero-order chi connectivity index (χ0) is 14.5. The van der Waals surface area contributed by atoms with Crippen molar-refractivity contribution in [3.8, 4) is 0 Å². The van der Waals surface area contributed by atoms with E-state index in [1.807, 2.05) is 12.1 Å². The molecule has 0 radical (unpaired) electrons. The molecule has 5 nitrogen and oxygen atoms in total. The van der Waals surface area contributed by atoms with Crippen LogP contribution in [0.3, 0.4) is 0 Å². The van der Waals surface area contributed by atoms with Crippen molar-refractivity contribution < 1.29 is 0 Å². The number of anilines is 1. The molecule has 1 atom stereocenters. The van der Waals surface area contributed by atoms with Crippen LogP contribution in [0.2, 0.25) is 0 Å². The molecule has 1 aromatic carbocycles. The molecule has 2 N–H and O–H groups in total. The van der Waals surface area contributed by atoms with Crippen LogP contribution in [0.1, 0.15) is 11.6 Å². The normalized spacial score (nSPS) is 17.7. The van der Waals surface area contributed by atoms with Crippen LogP contribution in [0, 0.1) is 0 Å². The lowest BCUT2D eigenvalue weighted by Gasteiger charge is -2.39. The summed E-state index contributed by atoms with van der Waals surface area (Å²) in [5.41, 5.74) is 7.30. The predicted octanol–water partition coefficient (Wildman–Crippen LogP) is 1.30. The van der Waals surface area contributed by atoms with Crippen LogP contribution < -0.4 is 10.6 Å². The summed E-state index contributed by atoms with van der Waals surface area (Å²) in [5, 5.41) is 0. The van der Waals surface area contributed by atoms with E-state index in [1.54, 1.807) is 12.4 Å². The molecule has 3 rings (SSSR count). The molecule has 2 heterocycles. The van der Waals surface area contributed by atoms with Gasteiger partial charge in [0.2, 0.25) is 5.95 Å². The van der Waals surface area contributed by atoms with E-state index >= 15 is 0 Å². The number of rotatable bonds is 4. The van der Waals surface area contributed by atoms with Crippen molar-refractivity contribution in [2.24, 2.45) is 5.73 Å². The van der Waals surface area contributed by atoms with E-state index in [0.29, 0.717) is 12.6 Å². The average molecular weight is 283 g/mol. The summed E-state index contributed by atoms with van der Waals surface area (Å²) in [6.07, 6.45) is 3.59. The van der Waals surface area contributed by atoms with Crippen LogP contribution in [-0.4, -0.2) is 47.6 Å². The Kier molecular flexibility index (Phi) is 4.43. The molecule has 0 saturated carbocycles. The fraction of sp³-hybridized carbons (Fsp3) is 0.375.